The average molecular weight is 333 g/mol. The summed E-state index contributed by atoms with van der Waals surface area (Å²) in [7, 11) is 0. The maximum Gasteiger partial charge on any atom is 0.250 e. The first kappa shape index (κ1) is 16.5. The molecule has 0 aliphatic carbocycles. The van der Waals surface area contributed by atoms with Gasteiger partial charge in [0.15, 0.2) is 0 Å². The van der Waals surface area contributed by atoms with Gasteiger partial charge in [-0.15, -0.1) is 0 Å². The topological polar surface area (TPSA) is 63.1 Å². The zero-order valence-electron chi connectivity index (χ0n) is 13.7. The summed E-state index contributed by atoms with van der Waals surface area (Å²) in [6.45, 7) is 0.360. The van der Waals surface area contributed by atoms with E-state index in [1.54, 1.807) is 18.3 Å². The van der Waals surface area contributed by atoms with Crippen molar-refractivity contribution < 1.29 is 4.79 Å². The average Bonchev–Trinajstić information content (AvgIpc) is 2.64. The molecular formula is C20H19N3O2. The van der Waals surface area contributed by atoms with Crippen molar-refractivity contribution in [1.29, 1.82) is 0 Å². The van der Waals surface area contributed by atoms with E-state index in [-0.39, 0.29) is 17.9 Å². The number of carbonyl (C=O) groups is 1. The van der Waals surface area contributed by atoms with Crippen molar-refractivity contribution in [3.05, 3.63) is 89.3 Å². The van der Waals surface area contributed by atoms with Gasteiger partial charge in [-0.1, -0.05) is 24.3 Å². The number of benzene rings is 2. The molecule has 0 aliphatic heterocycles. The van der Waals surface area contributed by atoms with Crippen molar-refractivity contribution >= 4 is 23.0 Å². The summed E-state index contributed by atoms with van der Waals surface area (Å²) in [5, 5.41) is 6.13. The van der Waals surface area contributed by atoms with Crippen LogP contribution in [0, 0.1) is 0 Å². The minimum Gasteiger partial charge on any atom is -0.356 e. The smallest absolute Gasteiger partial charge is 0.250 e. The van der Waals surface area contributed by atoms with Crippen LogP contribution in [0.4, 0.5) is 17.1 Å². The Kier molecular flexibility index (Phi) is 5.26. The molecule has 1 heterocycles. The molecule has 0 saturated carbocycles. The Labute approximate surface area is 145 Å². The van der Waals surface area contributed by atoms with E-state index in [1.807, 2.05) is 54.6 Å². The van der Waals surface area contributed by atoms with Crippen LogP contribution in [-0.4, -0.2) is 10.5 Å². The SMILES string of the molecule is O=C(CCn1ccccc1=O)Nc1ccc(Nc2ccccc2)cc1. The molecule has 0 aliphatic rings. The number of pyridine rings is 1. The lowest BCUT2D eigenvalue weighted by Gasteiger charge is -2.09. The van der Waals surface area contributed by atoms with Crippen LogP contribution in [0.25, 0.3) is 0 Å². The third-order valence-electron chi connectivity index (χ3n) is 3.71. The maximum atomic E-state index is 12.0. The molecule has 0 unspecified atom stereocenters. The van der Waals surface area contributed by atoms with Crippen molar-refractivity contribution in [3.63, 3.8) is 0 Å². The fourth-order valence-electron chi connectivity index (χ4n) is 2.42. The van der Waals surface area contributed by atoms with Gasteiger partial charge in [0.1, 0.15) is 0 Å². The lowest BCUT2D eigenvalue weighted by molar-refractivity contribution is -0.116. The van der Waals surface area contributed by atoms with E-state index in [1.165, 1.54) is 10.6 Å². The van der Waals surface area contributed by atoms with E-state index in [0.29, 0.717) is 6.54 Å². The fraction of sp³-hybridized carbons (Fsp3) is 0.100. The van der Waals surface area contributed by atoms with E-state index < -0.39 is 0 Å². The first-order valence-corrected chi connectivity index (χ1v) is 8.08. The highest BCUT2D eigenvalue weighted by atomic mass is 16.1. The van der Waals surface area contributed by atoms with E-state index in [4.69, 9.17) is 0 Å². The molecule has 2 N–H and O–H groups in total. The van der Waals surface area contributed by atoms with E-state index in [2.05, 4.69) is 10.6 Å². The van der Waals surface area contributed by atoms with Gasteiger partial charge in [-0.05, 0) is 42.5 Å². The molecule has 3 aromatic rings. The molecule has 0 fully saturated rings. The zero-order chi connectivity index (χ0) is 17.5. The van der Waals surface area contributed by atoms with Gasteiger partial charge in [0.25, 0.3) is 5.56 Å². The van der Waals surface area contributed by atoms with Crippen molar-refractivity contribution in [2.24, 2.45) is 0 Å². The largest absolute Gasteiger partial charge is 0.356 e. The Morgan fingerprint density at radius 2 is 1.44 bits per heavy atom. The zero-order valence-corrected chi connectivity index (χ0v) is 13.7. The highest BCUT2D eigenvalue weighted by Gasteiger charge is 2.04. The fourth-order valence-corrected chi connectivity index (χ4v) is 2.42. The van der Waals surface area contributed by atoms with Crippen LogP contribution in [0.3, 0.4) is 0 Å². The van der Waals surface area contributed by atoms with E-state index in [9.17, 15) is 9.59 Å². The summed E-state index contributed by atoms with van der Waals surface area (Å²) in [4.78, 5) is 23.6. The molecular weight excluding hydrogens is 314 g/mol. The van der Waals surface area contributed by atoms with Crippen molar-refractivity contribution in [3.8, 4) is 0 Å². The Morgan fingerprint density at radius 3 is 2.16 bits per heavy atom. The molecule has 2 aromatic carbocycles. The van der Waals surface area contributed by atoms with Crippen LogP contribution in [0.1, 0.15) is 6.42 Å². The normalized spacial score (nSPS) is 10.2. The number of nitrogens with zero attached hydrogens (tertiary/aromatic N) is 1. The molecule has 1 aromatic heterocycles. The molecule has 3 rings (SSSR count). The number of amides is 1. The number of hydrogen-bond acceptors (Lipinski definition) is 3. The molecule has 5 heteroatoms. The second kappa shape index (κ2) is 7.97. The van der Waals surface area contributed by atoms with E-state index >= 15 is 0 Å². The standard InChI is InChI=1S/C20H19N3O2/c24-19(13-15-23-14-5-4-8-20(23)25)22-18-11-9-17(10-12-18)21-16-6-2-1-3-7-16/h1-12,14,21H,13,15H2,(H,22,24). The number of aryl methyl sites for hydroxylation is 1. The third-order valence-corrected chi connectivity index (χ3v) is 3.71. The van der Waals surface area contributed by atoms with Crippen LogP contribution in [0.2, 0.25) is 0 Å². The van der Waals surface area contributed by atoms with Gasteiger partial charge in [0.2, 0.25) is 5.91 Å². The summed E-state index contributed by atoms with van der Waals surface area (Å²) < 4.78 is 1.52. The maximum absolute atomic E-state index is 12.0. The Hall–Kier alpha value is -3.34. The quantitative estimate of drug-likeness (QED) is 0.724. The van der Waals surface area contributed by atoms with Crippen molar-refractivity contribution in [2.75, 3.05) is 10.6 Å². The molecule has 0 atom stereocenters. The van der Waals surface area contributed by atoms with Gasteiger partial charge < -0.3 is 15.2 Å². The number of carbonyl (C=O) groups excluding carboxylic acids is 1. The molecule has 5 nitrogen and oxygen atoms in total. The lowest BCUT2D eigenvalue weighted by Crippen LogP contribution is -2.21. The van der Waals surface area contributed by atoms with Gasteiger partial charge >= 0.3 is 0 Å². The van der Waals surface area contributed by atoms with Crippen LogP contribution in [0.15, 0.2) is 83.8 Å². The summed E-state index contributed by atoms with van der Waals surface area (Å²) >= 11 is 0. The molecule has 25 heavy (non-hydrogen) atoms. The minimum atomic E-state index is -0.125. The van der Waals surface area contributed by atoms with Gasteiger partial charge in [-0.3, -0.25) is 9.59 Å². The van der Waals surface area contributed by atoms with Gasteiger partial charge in [-0.2, -0.15) is 0 Å². The van der Waals surface area contributed by atoms with Crippen molar-refractivity contribution in [1.82, 2.24) is 4.57 Å². The number of nitrogens with one attached hydrogen (secondary N) is 2. The molecule has 0 saturated heterocycles. The van der Waals surface area contributed by atoms with Crippen molar-refractivity contribution in [2.45, 2.75) is 13.0 Å². The van der Waals surface area contributed by atoms with Crippen LogP contribution < -0.4 is 16.2 Å². The van der Waals surface area contributed by atoms with Crippen LogP contribution in [0.5, 0.6) is 0 Å². The third kappa shape index (κ3) is 4.81. The Bertz CT molecular complexity index is 887. The van der Waals surface area contributed by atoms with Gasteiger partial charge in [0, 0.05) is 42.3 Å². The number of anilines is 3. The predicted octanol–water partition coefficient (Wildman–Crippen LogP) is 3.62. The van der Waals surface area contributed by atoms with Gasteiger partial charge in [-0.25, -0.2) is 0 Å². The first-order valence-electron chi connectivity index (χ1n) is 8.08. The highest BCUT2D eigenvalue weighted by molar-refractivity contribution is 5.90. The highest BCUT2D eigenvalue weighted by Crippen LogP contribution is 2.18. The molecule has 0 radical (unpaired) electrons. The number of aromatic nitrogens is 1. The summed E-state index contributed by atoms with van der Waals surface area (Å²) in [6.07, 6.45) is 1.92. The molecule has 1 amide bonds. The number of rotatable bonds is 6. The van der Waals surface area contributed by atoms with E-state index in [0.717, 1.165) is 17.1 Å². The molecule has 0 spiro atoms. The molecule has 0 bridgehead atoms. The van der Waals surface area contributed by atoms with Gasteiger partial charge in [0.05, 0.1) is 0 Å². The predicted molar refractivity (Wildman–Crippen MR) is 100 cm³/mol. The second-order valence-corrected chi connectivity index (χ2v) is 5.60. The Balaban J connectivity index is 1.53. The van der Waals surface area contributed by atoms with Crippen LogP contribution >= 0.6 is 0 Å². The first-order chi connectivity index (χ1) is 12.2. The molecule has 126 valence electrons. The summed E-state index contributed by atoms with van der Waals surface area (Å²) in [6, 6.07) is 22.3. The summed E-state index contributed by atoms with van der Waals surface area (Å²) in [5.74, 6) is -0.125. The summed E-state index contributed by atoms with van der Waals surface area (Å²) in [5.41, 5.74) is 2.57. The number of hydrogen-bond donors (Lipinski definition) is 2. The second-order valence-electron chi connectivity index (χ2n) is 5.60. The van der Waals surface area contributed by atoms with Crippen LogP contribution in [-0.2, 0) is 11.3 Å². The monoisotopic (exact) mass is 333 g/mol. The minimum absolute atomic E-state index is 0.105. The number of para-hydroxylation sites is 1. The lowest BCUT2D eigenvalue weighted by atomic mass is 10.2. The Morgan fingerprint density at radius 1 is 0.800 bits per heavy atom.